The first-order valence-corrected chi connectivity index (χ1v) is 12.4. The van der Waals surface area contributed by atoms with Crippen molar-refractivity contribution in [2.45, 2.75) is 31.7 Å². The van der Waals surface area contributed by atoms with Crippen molar-refractivity contribution in [1.82, 2.24) is 24.9 Å². The average molecular weight is 517 g/mol. The number of nitrogens with zero attached hydrogens (tertiary/aromatic N) is 4. The van der Waals surface area contributed by atoms with Gasteiger partial charge in [-0.2, -0.15) is 4.39 Å². The molecule has 3 aliphatic carbocycles. The molecule has 35 heavy (non-hydrogen) atoms. The standard InChI is InChI=1S/C23H19ClF2N6O2S/c24-13-8-28-22-18(29-13)11(7-27-22)20-31-19(12-5-6-14(25)35-12)16(26)21(32-20)30-17-10-3-1-9(2-4-10)15(17)23(33)34/h5-10,15,17H,1-4H2,(H,27,28)(H,33,34)(H,30,31,32). The maximum atomic E-state index is 15.8. The van der Waals surface area contributed by atoms with E-state index in [1.165, 1.54) is 18.3 Å². The first-order chi connectivity index (χ1) is 16.9. The number of rotatable bonds is 5. The lowest BCUT2D eigenvalue weighted by atomic mass is 9.61. The van der Waals surface area contributed by atoms with Crippen LogP contribution in [0.25, 0.3) is 33.1 Å². The van der Waals surface area contributed by atoms with Crippen LogP contribution < -0.4 is 5.32 Å². The van der Waals surface area contributed by atoms with Crippen LogP contribution in [0, 0.1) is 28.7 Å². The van der Waals surface area contributed by atoms with Gasteiger partial charge < -0.3 is 15.4 Å². The monoisotopic (exact) mass is 516 g/mol. The number of fused-ring (bicyclic) bond motifs is 4. The Bertz CT molecular complexity index is 1450. The number of carboxylic acids is 1. The Hall–Kier alpha value is -3.18. The van der Waals surface area contributed by atoms with E-state index in [0.717, 1.165) is 37.0 Å². The maximum absolute atomic E-state index is 15.8. The zero-order valence-corrected chi connectivity index (χ0v) is 19.7. The number of carbonyl (C=O) groups is 1. The van der Waals surface area contributed by atoms with E-state index in [1.54, 1.807) is 6.20 Å². The van der Waals surface area contributed by atoms with Crippen molar-refractivity contribution in [3.63, 3.8) is 0 Å². The van der Waals surface area contributed by atoms with Crippen LogP contribution in [-0.2, 0) is 4.79 Å². The van der Waals surface area contributed by atoms with Crippen LogP contribution in [0.3, 0.4) is 0 Å². The molecule has 7 rings (SSSR count). The second kappa shape index (κ2) is 8.49. The molecule has 12 heteroatoms. The Morgan fingerprint density at radius 3 is 2.63 bits per heavy atom. The highest BCUT2D eigenvalue weighted by atomic mass is 35.5. The summed E-state index contributed by atoms with van der Waals surface area (Å²) in [6.07, 6.45) is 6.46. The molecule has 2 unspecified atom stereocenters. The molecule has 8 nitrogen and oxygen atoms in total. The van der Waals surface area contributed by atoms with E-state index in [-0.39, 0.29) is 39.2 Å². The molecule has 2 bridgehead atoms. The molecular weight excluding hydrogens is 498 g/mol. The molecule has 3 aliphatic rings. The fourth-order valence-corrected chi connectivity index (χ4v) is 6.33. The van der Waals surface area contributed by atoms with Crippen LogP contribution in [0.15, 0.2) is 24.5 Å². The Labute approximate surface area is 206 Å². The minimum Gasteiger partial charge on any atom is -0.481 e. The number of aromatic nitrogens is 5. The Morgan fingerprint density at radius 2 is 1.91 bits per heavy atom. The molecule has 3 N–H and O–H groups in total. The van der Waals surface area contributed by atoms with Gasteiger partial charge in [-0.25, -0.2) is 24.3 Å². The second-order valence-electron chi connectivity index (χ2n) is 8.96. The number of nitrogens with one attached hydrogen (secondary N) is 2. The van der Waals surface area contributed by atoms with Gasteiger partial charge in [0.05, 0.1) is 22.6 Å². The summed E-state index contributed by atoms with van der Waals surface area (Å²) in [5.41, 5.74) is 1.21. The van der Waals surface area contributed by atoms with Gasteiger partial charge in [-0.15, -0.1) is 11.3 Å². The quantitative estimate of drug-likeness (QED) is 0.326. The van der Waals surface area contributed by atoms with Crippen molar-refractivity contribution in [2.24, 2.45) is 17.8 Å². The van der Waals surface area contributed by atoms with E-state index in [4.69, 9.17) is 11.6 Å². The summed E-state index contributed by atoms with van der Waals surface area (Å²) in [4.78, 5) is 32.7. The number of hydrogen-bond acceptors (Lipinski definition) is 7. The van der Waals surface area contributed by atoms with Crippen LogP contribution in [0.2, 0.25) is 5.15 Å². The van der Waals surface area contributed by atoms with Crippen LogP contribution in [0.4, 0.5) is 14.6 Å². The zero-order chi connectivity index (χ0) is 24.3. The molecule has 4 heterocycles. The summed E-state index contributed by atoms with van der Waals surface area (Å²) in [6, 6.07) is 2.22. The predicted molar refractivity (Wildman–Crippen MR) is 127 cm³/mol. The van der Waals surface area contributed by atoms with Crippen LogP contribution in [0.5, 0.6) is 0 Å². The van der Waals surface area contributed by atoms with E-state index >= 15 is 4.39 Å². The van der Waals surface area contributed by atoms with Gasteiger partial charge in [0.2, 0.25) is 0 Å². The fraction of sp³-hybridized carbons (Fsp3) is 0.348. The normalized spacial score (nSPS) is 23.6. The van der Waals surface area contributed by atoms with Gasteiger partial charge in [-0.3, -0.25) is 4.79 Å². The molecule has 4 aromatic rings. The molecule has 0 radical (unpaired) electrons. The SMILES string of the molecule is O=C(O)C1C2CCC(CC2)C1Nc1nc(-c2c[nH]c3ncc(Cl)nc23)nc(-c2ccc(F)s2)c1F. The van der Waals surface area contributed by atoms with Gasteiger partial charge in [-0.1, -0.05) is 11.6 Å². The number of anilines is 1. The summed E-state index contributed by atoms with van der Waals surface area (Å²) in [7, 11) is 0. The Morgan fingerprint density at radius 1 is 1.14 bits per heavy atom. The van der Waals surface area contributed by atoms with Crippen molar-refractivity contribution < 1.29 is 18.7 Å². The number of carboxylic acid groups (broad SMARTS) is 1. The molecule has 0 aromatic carbocycles. The van der Waals surface area contributed by atoms with Gasteiger partial charge in [0.1, 0.15) is 16.4 Å². The molecule has 180 valence electrons. The lowest BCUT2D eigenvalue weighted by Crippen LogP contribution is -2.51. The Kier molecular flexibility index (Phi) is 5.41. The smallest absolute Gasteiger partial charge is 0.308 e. The third-order valence-electron chi connectivity index (χ3n) is 7.06. The van der Waals surface area contributed by atoms with E-state index in [9.17, 15) is 14.3 Å². The summed E-state index contributed by atoms with van der Waals surface area (Å²) in [5, 5.41) is 12.7. The van der Waals surface area contributed by atoms with Crippen LogP contribution in [0.1, 0.15) is 25.7 Å². The van der Waals surface area contributed by atoms with Crippen molar-refractivity contribution in [1.29, 1.82) is 0 Å². The minimum absolute atomic E-state index is 0.0382. The molecule has 0 amide bonds. The van der Waals surface area contributed by atoms with Crippen molar-refractivity contribution in [2.75, 3.05) is 5.32 Å². The number of H-pyrrole nitrogens is 1. The lowest BCUT2D eigenvalue weighted by molar-refractivity contribution is -0.148. The maximum Gasteiger partial charge on any atom is 0.308 e. The molecule has 0 aliphatic heterocycles. The van der Waals surface area contributed by atoms with Crippen molar-refractivity contribution in [3.8, 4) is 22.0 Å². The molecule has 0 spiro atoms. The number of halogens is 3. The van der Waals surface area contributed by atoms with Gasteiger partial charge in [0, 0.05) is 12.2 Å². The molecule has 4 aromatic heterocycles. The highest BCUT2D eigenvalue weighted by Gasteiger charge is 2.47. The minimum atomic E-state index is -0.895. The molecule has 2 atom stereocenters. The topological polar surface area (TPSA) is 117 Å². The average Bonchev–Trinajstić information content (AvgIpc) is 3.46. The fourth-order valence-electron chi connectivity index (χ4n) is 5.48. The highest BCUT2D eigenvalue weighted by Crippen LogP contribution is 2.47. The van der Waals surface area contributed by atoms with E-state index in [1.807, 2.05) is 0 Å². The molecular formula is C23H19ClF2N6O2S. The summed E-state index contributed by atoms with van der Waals surface area (Å²) >= 11 is 6.80. The van der Waals surface area contributed by atoms with E-state index in [0.29, 0.717) is 16.7 Å². The highest BCUT2D eigenvalue weighted by molar-refractivity contribution is 7.13. The first kappa shape index (κ1) is 22.3. The van der Waals surface area contributed by atoms with Gasteiger partial charge >= 0.3 is 5.97 Å². The molecule has 0 saturated heterocycles. The third-order valence-corrected chi connectivity index (χ3v) is 8.12. The number of aliphatic carboxylic acids is 1. The largest absolute Gasteiger partial charge is 0.481 e. The van der Waals surface area contributed by atoms with Crippen LogP contribution >= 0.6 is 22.9 Å². The van der Waals surface area contributed by atoms with Gasteiger partial charge in [-0.05, 0) is 49.7 Å². The first-order valence-electron chi connectivity index (χ1n) is 11.2. The number of hydrogen-bond donors (Lipinski definition) is 3. The molecule has 3 saturated carbocycles. The zero-order valence-electron chi connectivity index (χ0n) is 18.1. The van der Waals surface area contributed by atoms with E-state index < -0.39 is 28.9 Å². The van der Waals surface area contributed by atoms with Crippen LogP contribution in [-0.4, -0.2) is 42.0 Å². The lowest BCUT2D eigenvalue weighted by Gasteiger charge is -2.47. The van der Waals surface area contributed by atoms with Crippen molar-refractivity contribution in [3.05, 3.63) is 40.6 Å². The Balaban J connectivity index is 1.50. The molecule has 3 fully saturated rings. The number of aromatic amines is 1. The van der Waals surface area contributed by atoms with E-state index in [2.05, 4.69) is 30.2 Å². The predicted octanol–water partition coefficient (Wildman–Crippen LogP) is 5.38. The second-order valence-corrected chi connectivity index (χ2v) is 10.4. The van der Waals surface area contributed by atoms with Gasteiger partial charge in [0.15, 0.2) is 28.2 Å². The van der Waals surface area contributed by atoms with Gasteiger partial charge in [0.25, 0.3) is 0 Å². The number of thiophene rings is 1. The summed E-state index contributed by atoms with van der Waals surface area (Å²) in [5.74, 6) is -2.14. The summed E-state index contributed by atoms with van der Waals surface area (Å²) in [6.45, 7) is 0. The summed E-state index contributed by atoms with van der Waals surface area (Å²) < 4.78 is 29.6. The van der Waals surface area contributed by atoms with Crippen molar-refractivity contribution >= 4 is 45.9 Å². The third kappa shape index (κ3) is 3.82.